The molecule has 1 amide bonds. The Hall–Kier alpha value is -3.10. The molecular weight excluding hydrogens is 470 g/mol. The van der Waals surface area contributed by atoms with Gasteiger partial charge in [0.25, 0.3) is 5.91 Å². The van der Waals surface area contributed by atoms with Crippen molar-refractivity contribution in [1.29, 1.82) is 5.41 Å². The molecule has 2 aliphatic rings. The predicted octanol–water partition coefficient (Wildman–Crippen LogP) is 3.40. The smallest absolute Gasteiger partial charge is 0.305 e. The molecule has 0 radical (unpaired) electrons. The quantitative estimate of drug-likeness (QED) is 0.325. The molecule has 2 fully saturated rings. The number of amidine groups is 1. The van der Waals surface area contributed by atoms with Crippen molar-refractivity contribution in [3.8, 4) is 16.9 Å². The molecule has 0 aromatic heterocycles. The lowest BCUT2D eigenvalue weighted by Crippen LogP contribution is -2.44. The standard InChI is InChI=1S/C26H31N3O5.ClH/c1-32-24(30)14-17-13-21(29(15-17)26(31)23-3-2-12-33-23)16-34-22-10-8-19(9-11-22)18-4-6-20(7-5-18)25(27)28;/h4-11,17,21,23H,2-3,12-16H2,1H3,(H3,27,28);1H/t17-,21-,23?;/m0./s1. The second-order valence-electron chi connectivity index (χ2n) is 8.85. The second-order valence-corrected chi connectivity index (χ2v) is 8.85. The van der Waals surface area contributed by atoms with E-state index >= 15 is 0 Å². The van der Waals surface area contributed by atoms with Crippen LogP contribution in [0.4, 0.5) is 0 Å². The first kappa shape index (κ1) is 26.5. The highest BCUT2D eigenvalue weighted by molar-refractivity contribution is 5.95. The third-order valence-corrected chi connectivity index (χ3v) is 6.50. The summed E-state index contributed by atoms with van der Waals surface area (Å²) in [6, 6.07) is 15.2. The fourth-order valence-corrected chi connectivity index (χ4v) is 4.64. The molecule has 9 heteroatoms. The number of esters is 1. The molecule has 0 saturated carbocycles. The Labute approximate surface area is 211 Å². The number of methoxy groups -OCH3 is 1. The number of benzene rings is 2. The maximum Gasteiger partial charge on any atom is 0.305 e. The van der Waals surface area contributed by atoms with E-state index in [2.05, 4.69) is 0 Å². The number of likely N-dealkylation sites (tertiary alicyclic amines) is 1. The molecule has 4 rings (SSSR count). The zero-order chi connectivity index (χ0) is 24.1. The number of ether oxygens (including phenoxy) is 3. The van der Waals surface area contributed by atoms with Gasteiger partial charge in [-0.15, -0.1) is 12.4 Å². The molecule has 0 aliphatic carbocycles. The molecule has 2 saturated heterocycles. The Morgan fingerprint density at radius 3 is 2.34 bits per heavy atom. The van der Waals surface area contributed by atoms with Gasteiger partial charge in [-0.05, 0) is 48.4 Å². The molecule has 2 aromatic carbocycles. The fraction of sp³-hybridized carbons (Fsp3) is 0.423. The van der Waals surface area contributed by atoms with E-state index in [1.807, 2.05) is 53.4 Å². The van der Waals surface area contributed by atoms with Gasteiger partial charge < -0.3 is 24.8 Å². The third-order valence-electron chi connectivity index (χ3n) is 6.50. The van der Waals surface area contributed by atoms with Crippen molar-refractivity contribution in [2.45, 2.75) is 37.8 Å². The summed E-state index contributed by atoms with van der Waals surface area (Å²) in [6.45, 7) is 1.47. The van der Waals surface area contributed by atoms with E-state index in [-0.39, 0.29) is 42.1 Å². The van der Waals surface area contributed by atoms with Gasteiger partial charge in [0.05, 0.1) is 19.6 Å². The van der Waals surface area contributed by atoms with Crippen LogP contribution in [0.1, 0.15) is 31.2 Å². The monoisotopic (exact) mass is 501 g/mol. The molecule has 3 atom stereocenters. The first-order chi connectivity index (χ1) is 16.4. The van der Waals surface area contributed by atoms with Gasteiger partial charge >= 0.3 is 5.97 Å². The molecule has 0 bridgehead atoms. The zero-order valence-corrected chi connectivity index (χ0v) is 20.6. The summed E-state index contributed by atoms with van der Waals surface area (Å²) in [4.78, 5) is 26.7. The van der Waals surface area contributed by atoms with E-state index < -0.39 is 6.10 Å². The maximum absolute atomic E-state index is 13.0. The van der Waals surface area contributed by atoms with Crippen molar-refractivity contribution in [1.82, 2.24) is 4.90 Å². The Kier molecular flexibility index (Phi) is 9.12. The van der Waals surface area contributed by atoms with Gasteiger partial charge in [0.2, 0.25) is 0 Å². The molecule has 1 unspecified atom stereocenters. The summed E-state index contributed by atoms with van der Waals surface area (Å²) in [5.74, 6) is 0.533. The highest BCUT2D eigenvalue weighted by Crippen LogP contribution is 2.30. The van der Waals surface area contributed by atoms with E-state index in [4.69, 9.17) is 25.4 Å². The van der Waals surface area contributed by atoms with Crippen LogP contribution in [0, 0.1) is 11.3 Å². The second kappa shape index (κ2) is 12.0. The lowest BCUT2D eigenvalue weighted by Gasteiger charge is -2.27. The fourth-order valence-electron chi connectivity index (χ4n) is 4.64. The highest BCUT2D eigenvalue weighted by atomic mass is 35.5. The molecule has 3 N–H and O–H groups in total. The number of carbonyl (C=O) groups is 2. The average Bonchev–Trinajstić information content (AvgIpc) is 3.53. The predicted molar refractivity (Wildman–Crippen MR) is 135 cm³/mol. The summed E-state index contributed by atoms with van der Waals surface area (Å²) in [6.07, 6.45) is 2.21. The van der Waals surface area contributed by atoms with Crippen molar-refractivity contribution in [3.05, 3.63) is 54.1 Å². The van der Waals surface area contributed by atoms with E-state index in [1.54, 1.807) is 0 Å². The number of nitrogen functional groups attached to an aromatic ring is 1. The molecular formula is C26H32ClN3O5. The summed E-state index contributed by atoms with van der Waals surface area (Å²) in [5.41, 5.74) is 8.26. The van der Waals surface area contributed by atoms with Crippen LogP contribution in [0.15, 0.2) is 48.5 Å². The van der Waals surface area contributed by atoms with Crippen LogP contribution in [0.3, 0.4) is 0 Å². The van der Waals surface area contributed by atoms with Crippen LogP contribution in [0.2, 0.25) is 0 Å². The number of amides is 1. The van der Waals surface area contributed by atoms with Gasteiger partial charge in [0.1, 0.15) is 24.3 Å². The zero-order valence-electron chi connectivity index (χ0n) is 19.8. The van der Waals surface area contributed by atoms with Crippen molar-refractivity contribution >= 4 is 30.1 Å². The van der Waals surface area contributed by atoms with E-state index in [9.17, 15) is 9.59 Å². The normalized spacial score (nSPS) is 21.3. The number of nitrogens with zero attached hydrogens (tertiary/aromatic N) is 1. The molecule has 188 valence electrons. The van der Waals surface area contributed by atoms with Crippen LogP contribution in [0.25, 0.3) is 11.1 Å². The largest absolute Gasteiger partial charge is 0.491 e. The summed E-state index contributed by atoms with van der Waals surface area (Å²) in [5, 5.41) is 7.51. The van der Waals surface area contributed by atoms with Crippen molar-refractivity contribution in [3.63, 3.8) is 0 Å². The molecule has 0 spiro atoms. The minimum Gasteiger partial charge on any atom is -0.491 e. The first-order valence-corrected chi connectivity index (χ1v) is 11.6. The maximum atomic E-state index is 13.0. The van der Waals surface area contributed by atoms with Gasteiger partial charge in [-0.25, -0.2) is 0 Å². The summed E-state index contributed by atoms with van der Waals surface area (Å²) in [7, 11) is 1.38. The van der Waals surface area contributed by atoms with Gasteiger partial charge in [-0.3, -0.25) is 15.0 Å². The van der Waals surface area contributed by atoms with E-state index in [0.29, 0.717) is 43.9 Å². The average molecular weight is 502 g/mol. The van der Waals surface area contributed by atoms with Crippen LogP contribution in [-0.2, 0) is 19.1 Å². The Morgan fingerprint density at radius 2 is 1.77 bits per heavy atom. The number of nitrogens with one attached hydrogen (secondary N) is 1. The van der Waals surface area contributed by atoms with Crippen molar-refractivity contribution in [2.75, 3.05) is 26.9 Å². The van der Waals surface area contributed by atoms with Crippen LogP contribution >= 0.6 is 12.4 Å². The SMILES string of the molecule is COC(=O)C[C@@H]1C[C@@H](COc2ccc(-c3ccc(C(=N)N)cc3)cc2)N(C(=O)C2CCCO2)C1.Cl. The summed E-state index contributed by atoms with van der Waals surface area (Å²) < 4.78 is 16.5. The van der Waals surface area contributed by atoms with Crippen LogP contribution in [0.5, 0.6) is 5.75 Å². The first-order valence-electron chi connectivity index (χ1n) is 11.6. The molecule has 2 heterocycles. The van der Waals surface area contributed by atoms with Crippen LogP contribution in [-0.4, -0.2) is 61.6 Å². The number of rotatable bonds is 8. The highest BCUT2D eigenvalue weighted by Gasteiger charge is 2.40. The molecule has 2 aliphatic heterocycles. The number of halogens is 1. The minimum absolute atomic E-state index is 0. The van der Waals surface area contributed by atoms with Gasteiger partial charge in [0.15, 0.2) is 0 Å². The van der Waals surface area contributed by atoms with Crippen molar-refractivity contribution in [2.24, 2.45) is 11.7 Å². The number of hydrogen-bond acceptors (Lipinski definition) is 6. The summed E-state index contributed by atoms with van der Waals surface area (Å²) >= 11 is 0. The Bertz CT molecular complexity index is 1020. The van der Waals surface area contributed by atoms with Gasteiger partial charge in [-0.1, -0.05) is 36.4 Å². The van der Waals surface area contributed by atoms with Crippen molar-refractivity contribution < 1.29 is 23.8 Å². The number of hydrogen-bond donors (Lipinski definition) is 2. The Balaban J connectivity index is 0.00000342. The molecule has 35 heavy (non-hydrogen) atoms. The molecule has 2 aromatic rings. The topological polar surface area (TPSA) is 115 Å². The van der Waals surface area contributed by atoms with E-state index in [1.165, 1.54) is 7.11 Å². The minimum atomic E-state index is -0.395. The Morgan fingerprint density at radius 1 is 1.11 bits per heavy atom. The van der Waals surface area contributed by atoms with E-state index in [0.717, 1.165) is 24.0 Å². The number of nitrogens with two attached hydrogens (primary N) is 1. The lowest BCUT2D eigenvalue weighted by atomic mass is 10.0. The third kappa shape index (κ3) is 6.52. The van der Waals surface area contributed by atoms with Gasteiger partial charge in [0, 0.05) is 18.7 Å². The molecule has 8 nitrogen and oxygen atoms in total. The van der Waals surface area contributed by atoms with Crippen LogP contribution < -0.4 is 10.5 Å². The number of carbonyl (C=O) groups excluding carboxylic acids is 2. The lowest BCUT2D eigenvalue weighted by molar-refractivity contribution is -0.144. The van der Waals surface area contributed by atoms with Gasteiger partial charge in [-0.2, -0.15) is 0 Å².